The lowest BCUT2D eigenvalue weighted by molar-refractivity contribution is -0.263. The van der Waals surface area contributed by atoms with Gasteiger partial charge in [0.15, 0.2) is 0 Å². The van der Waals surface area contributed by atoms with Gasteiger partial charge < -0.3 is 30.8 Å². The van der Waals surface area contributed by atoms with Gasteiger partial charge in [0.1, 0.15) is 18.2 Å². The Morgan fingerprint density at radius 1 is 1.02 bits per heavy atom. The van der Waals surface area contributed by atoms with Crippen molar-refractivity contribution in [1.82, 2.24) is 0 Å². The van der Waals surface area contributed by atoms with E-state index in [0.717, 1.165) is 38.5 Å². The van der Waals surface area contributed by atoms with E-state index in [1.54, 1.807) is 0 Å². The van der Waals surface area contributed by atoms with Gasteiger partial charge in [0.25, 0.3) is 0 Å². The first-order valence-electron chi connectivity index (χ1n) is 18.3. The van der Waals surface area contributed by atoms with Crippen molar-refractivity contribution in [1.29, 1.82) is 0 Å². The van der Waals surface area contributed by atoms with Crippen molar-refractivity contribution in [3.63, 3.8) is 0 Å². The van der Waals surface area contributed by atoms with Crippen LogP contribution in [-0.4, -0.2) is 61.0 Å². The largest absolute Gasteiger partial charge is 0.481 e. The summed E-state index contributed by atoms with van der Waals surface area (Å²) in [5, 5.41) is 11.0. The molecule has 9 heteroatoms. The van der Waals surface area contributed by atoms with Crippen molar-refractivity contribution >= 4 is 17.9 Å². The third-order valence-electron chi connectivity index (χ3n) is 14.9. The maximum Gasteiger partial charge on any atom is 0.323 e. The minimum absolute atomic E-state index is 0.155. The number of rotatable bonds is 10. The highest BCUT2D eigenvalue weighted by atomic mass is 16.6. The van der Waals surface area contributed by atoms with E-state index in [9.17, 15) is 19.5 Å². The molecule has 1 unspecified atom stereocenters. The van der Waals surface area contributed by atoms with Crippen LogP contribution in [0.2, 0.25) is 0 Å². The fraction of sp³-hybridized carbons (Fsp3) is 0.868. The molecule has 1 saturated heterocycles. The van der Waals surface area contributed by atoms with E-state index >= 15 is 0 Å². The molecule has 5 aliphatic rings. The van der Waals surface area contributed by atoms with Crippen molar-refractivity contribution in [2.45, 2.75) is 131 Å². The summed E-state index contributed by atoms with van der Waals surface area (Å²) in [5.74, 6) is -1.01. The number of unbranched alkanes of at least 4 members (excludes halogenated alkanes) is 1. The molecule has 0 aromatic rings. The highest BCUT2D eigenvalue weighted by Gasteiger charge is 2.72. The number of fused-ring (bicyclic) bond motifs is 3. The predicted octanol–water partition coefficient (Wildman–Crippen LogP) is 5.87. The van der Waals surface area contributed by atoms with Crippen LogP contribution < -0.4 is 11.5 Å². The molecule has 9 nitrogen and oxygen atoms in total. The Morgan fingerprint density at radius 3 is 2.34 bits per heavy atom. The summed E-state index contributed by atoms with van der Waals surface area (Å²) in [7, 11) is 0. The van der Waals surface area contributed by atoms with Gasteiger partial charge in [-0.1, -0.05) is 66.5 Å². The summed E-state index contributed by atoms with van der Waals surface area (Å²) < 4.78 is 18.8. The standard InChI is InChI=1S/C38H62N2O7/c1-22(2)23(3)34(5)16-17-36(7)25-12-13-29-35(6)20-45-21-38(29,26(25)14-15-37(36,8)30(34)32(42)43)19-28(46-24(4)41)31(35)47-33(44)27(40)11-9-10-18-39/h14,22-23,25,27-31H,9-13,15-21,39-40H2,1-8H3,(H,42,43)/t23-,25+,27?,28-,29+,30-,31+,34-,35-,36-,37+,38+/m1/s1. The average molecular weight is 659 g/mol. The highest BCUT2D eigenvalue weighted by molar-refractivity contribution is 5.76. The molecule has 5 rings (SSSR count). The Bertz CT molecular complexity index is 1270. The molecule has 0 amide bonds. The Kier molecular flexibility index (Phi) is 9.83. The first kappa shape index (κ1) is 36.3. The van der Waals surface area contributed by atoms with Crippen LogP contribution in [0.1, 0.15) is 113 Å². The van der Waals surface area contributed by atoms with Gasteiger partial charge in [0, 0.05) is 17.8 Å². The molecule has 1 aliphatic heterocycles. The number of carbonyl (C=O) groups excluding carboxylic acids is 2. The topological polar surface area (TPSA) is 151 Å². The Hall–Kier alpha value is -1.97. The van der Waals surface area contributed by atoms with Gasteiger partial charge in [0.2, 0.25) is 0 Å². The van der Waals surface area contributed by atoms with E-state index < -0.39 is 58.3 Å². The normalized spacial score (nSPS) is 43.8. The van der Waals surface area contributed by atoms with Crippen LogP contribution in [0, 0.1) is 56.7 Å². The zero-order chi connectivity index (χ0) is 34.7. The number of carboxylic acid groups (broad SMARTS) is 1. The molecule has 3 saturated carbocycles. The molecule has 47 heavy (non-hydrogen) atoms. The van der Waals surface area contributed by atoms with Crippen LogP contribution in [0.25, 0.3) is 0 Å². The predicted molar refractivity (Wildman–Crippen MR) is 180 cm³/mol. The van der Waals surface area contributed by atoms with Crippen LogP contribution in [0.4, 0.5) is 0 Å². The highest BCUT2D eigenvalue weighted by Crippen LogP contribution is 2.75. The van der Waals surface area contributed by atoms with Gasteiger partial charge in [0.05, 0.1) is 19.1 Å². The fourth-order valence-electron chi connectivity index (χ4n) is 11.9. The Labute approximate surface area is 282 Å². The average Bonchev–Trinajstić information content (AvgIpc) is 2.98. The molecule has 0 spiro atoms. The van der Waals surface area contributed by atoms with E-state index in [4.69, 9.17) is 25.7 Å². The number of hydrogen-bond acceptors (Lipinski definition) is 8. The number of carboxylic acids is 1. The van der Waals surface area contributed by atoms with Gasteiger partial charge >= 0.3 is 17.9 Å². The van der Waals surface area contributed by atoms with Crippen LogP contribution in [-0.2, 0) is 28.6 Å². The summed E-state index contributed by atoms with van der Waals surface area (Å²) in [6.45, 7) is 18.5. The van der Waals surface area contributed by atoms with Crippen molar-refractivity contribution in [3.8, 4) is 0 Å². The molecule has 0 aromatic carbocycles. The van der Waals surface area contributed by atoms with Crippen LogP contribution in [0.15, 0.2) is 11.6 Å². The number of aliphatic carboxylic acids is 1. The van der Waals surface area contributed by atoms with Gasteiger partial charge in [-0.05, 0) is 97.8 Å². The SMILES string of the molecule is CC(=O)O[C@@H]1C[C@@]23COC[C@](C)([C@@H]2CC[C@H]2C3=CC[C@@]3(C)[C@H](C(=O)O)[C@@](C)([C@H](C)C(C)C)CC[C@]23C)[C@H]1OC(=O)C(N)CCCCN. The lowest BCUT2D eigenvalue weighted by Crippen LogP contribution is -2.70. The van der Waals surface area contributed by atoms with E-state index in [1.807, 2.05) is 0 Å². The number of ether oxygens (including phenoxy) is 3. The molecule has 266 valence electrons. The second kappa shape index (κ2) is 12.7. The van der Waals surface area contributed by atoms with Gasteiger partial charge in [-0.15, -0.1) is 0 Å². The number of nitrogens with two attached hydrogens (primary N) is 2. The number of hydrogen-bond donors (Lipinski definition) is 3. The minimum atomic E-state index is -0.772. The zero-order valence-electron chi connectivity index (χ0n) is 30.2. The fourth-order valence-corrected chi connectivity index (χ4v) is 11.9. The second-order valence-electron chi connectivity index (χ2n) is 17.4. The monoisotopic (exact) mass is 658 g/mol. The Morgan fingerprint density at radius 2 is 1.72 bits per heavy atom. The summed E-state index contributed by atoms with van der Waals surface area (Å²) >= 11 is 0. The van der Waals surface area contributed by atoms with Crippen molar-refractivity contribution in [2.24, 2.45) is 68.1 Å². The lowest BCUT2D eigenvalue weighted by atomic mass is 9.34. The third-order valence-corrected chi connectivity index (χ3v) is 14.9. The van der Waals surface area contributed by atoms with Gasteiger partial charge in [-0.3, -0.25) is 14.4 Å². The summed E-state index contributed by atoms with van der Waals surface area (Å²) in [5.41, 5.74) is 11.3. The van der Waals surface area contributed by atoms with Crippen molar-refractivity contribution in [2.75, 3.05) is 19.8 Å². The maximum atomic E-state index is 13.4. The van der Waals surface area contributed by atoms with E-state index in [1.165, 1.54) is 12.5 Å². The van der Waals surface area contributed by atoms with Crippen molar-refractivity contribution < 1.29 is 33.7 Å². The van der Waals surface area contributed by atoms with Crippen LogP contribution >= 0.6 is 0 Å². The quantitative estimate of drug-likeness (QED) is 0.149. The lowest BCUT2D eigenvalue weighted by Gasteiger charge is -2.71. The summed E-state index contributed by atoms with van der Waals surface area (Å²) in [6.07, 6.45) is 7.97. The van der Waals surface area contributed by atoms with Crippen LogP contribution in [0.3, 0.4) is 0 Å². The van der Waals surface area contributed by atoms with Gasteiger partial charge in [-0.2, -0.15) is 0 Å². The summed E-state index contributed by atoms with van der Waals surface area (Å²) in [4.78, 5) is 39.3. The molecule has 0 aromatic heterocycles. The summed E-state index contributed by atoms with van der Waals surface area (Å²) in [6, 6.07) is -0.772. The van der Waals surface area contributed by atoms with Crippen LogP contribution in [0.5, 0.6) is 0 Å². The molecule has 2 bridgehead atoms. The van der Waals surface area contributed by atoms with E-state index in [2.05, 4.69) is 54.5 Å². The number of carbonyl (C=O) groups is 3. The van der Waals surface area contributed by atoms with E-state index in [-0.39, 0.29) is 28.6 Å². The Balaban J connectivity index is 1.54. The molecule has 5 N–H and O–H groups in total. The molecular formula is C38H62N2O7. The molecule has 1 heterocycles. The molecular weight excluding hydrogens is 596 g/mol. The first-order valence-corrected chi connectivity index (χ1v) is 18.3. The molecule has 4 fully saturated rings. The van der Waals surface area contributed by atoms with E-state index in [0.29, 0.717) is 44.9 Å². The molecule has 4 aliphatic carbocycles. The third kappa shape index (κ3) is 5.49. The smallest absolute Gasteiger partial charge is 0.323 e. The molecule has 0 radical (unpaired) electrons. The maximum absolute atomic E-state index is 13.4. The molecule has 12 atom stereocenters. The number of esters is 2. The zero-order valence-corrected chi connectivity index (χ0v) is 30.2. The van der Waals surface area contributed by atoms with Gasteiger partial charge in [-0.25, -0.2) is 0 Å². The first-order chi connectivity index (χ1) is 21.9. The second-order valence-corrected chi connectivity index (χ2v) is 17.4. The van der Waals surface area contributed by atoms with Crippen molar-refractivity contribution in [3.05, 3.63) is 11.6 Å². The number of allylic oxidation sites excluding steroid dienone is 1. The minimum Gasteiger partial charge on any atom is -0.481 e.